The highest BCUT2D eigenvalue weighted by Gasteiger charge is 2.05. The minimum absolute atomic E-state index is 0.183. The van der Waals surface area contributed by atoms with Gasteiger partial charge in [0.2, 0.25) is 0 Å². The fourth-order valence-corrected chi connectivity index (χ4v) is 1.31. The summed E-state index contributed by atoms with van der Waals surface area (Å²) >= 11 is 0. The van der Waals surface area contributed by atoms with E-state index in [0.717, 1.165) is 4.79 Å². The van der Waals surface area contributed by atoms with Gasteiger partial charge in [-0.3, -0.25) is 10.1 Å². The van der Waals surface area contributed by atoms with Crippen LogP contribution in [-0.2, 0) is 10.5 Å². The van der Waals surface area contributed by atoms with Crippen LogP contribution in [0.5, 0.6) is 0 Å². The second-order valence-corrected chi connectivity index (χ2v) is 3.76. The largest absolute Gasteiger partial charge is 0.334 e. The second-order valence-electron chi connectivity index (χ2n) is 3.17. The van der Waals surface area contributed by atoms with E-state index in [-0.39, 0.29) is 10.6 Å². The Morgan fingerprint density at radius 2 is 2.05 bits per heavy atom. The molecule has 1 aromatic heterocycles. The zero-order valence-electron chi connectivity index (χ0n) is 9.74. The van der Waals surface area contributed by atoms with Gasteiger partial charge in [0.05, 0.1) is 17.3 Å². The predicted octanol–water partition coefficient (Wildman–Crippen LogP) is 1.01. The first-order chi connectivity index (χ1) is 9.00. The number of nitrogens with zero attached hydrogens (tertiary/aromatic N) is 5. The molecule has 0 fully saturated rings. The zero-order chi connectivity index (χ0) is 14.3. The molecule has 2 rings (SSSR count). The van der Waals surface area contributed by atoms with Gasteiger partial charge in [0.25, 0.3) is 5.69 Å². The van der Waals surface area contributed by atoms with Crippen molar-refractivity contribution in [1.82, 2.24) is 15.1 Å². The van der Waals surface area contributed by atoms with E-state index < -0.39 is 10.5 Å². The van der Waals surface area contributed by atoms with Gasteiger partial charge in [-0.2, -0.15) is 8.42 Å². The van der Waals surface area contributed by atoms with Crippen molar-refractivity contribution in [3.8, 4) is 0 Å². The third kappa shape index (κ3) is 5.04. The van der Waals surface area contributed by atoms with E-state index >= 15 is 0 Å². The summed E-state index contributed by atoms with van der Waals surface area (Å²) in [5.74, 6) is 0. The number of para-hydroxylation sites is 1. The topological polar surface area (TPSA) is 120 Å². The summed E-state index contributed by atoms with van der Waals surface area (Å²) in [6.07, 6.45) is 2.64. The fraction of sp³-hybridized carbons (Fsp3) is 0.111. The van der Waals surface area contributed by atoms with Crippen molar-refractivity contribution in [3.63, 3.8) is 0 Å². The molecule has 0 N–H and O–H groups in total. The van der Waals surface area contributed by atoms with Gasteiger partial charge >= 0.3 is 10.5 Å². The maximum Gasteiger partial charge on any atom is 0.334 e. The lowest BCUT2D eigenvalue weighted by atomic mass is 10.2. The molecule has 0 aliphatic heterocycles. The molecule has 100 valence electrons. The maximum atomic E-state index is 10.2. The molecule has 1 aromatic carbocycles. The molecule has 0 aliphatic rings. The van der Waals surface area contributed by atoms with Crippen molar-refractivity contribution in [2.45, 2.75) is 6.92 Å². The first-order valence-corrected chi connectivity index (χ1v) is 5.91. The average Bonchev–Trinajstić information content (AvgIpc) is 2.82. The second kappa shape index (κ2) is 6.96. The molecular weight excluding hydrogens is 274 g/mol. The summed E-state index contributed by atoms with van der Waals surface area (Å²) in [6.45, 7) is 1.72. The Bertz CT molecular complexity index is 672. The Morgan fingerprint density at radius 3 is 2.47 bits per heavy atom. The van der Waals surface area contributed by atoms with E-state index in [1.165, 1.54) is 18.5 Å². The lowest BCUT2D eigenvalue weighted by Crippen LogP contribution is -1.89. The molecule has 0 atom stereocenters. The Morgan fingerprint density at radius 1 is 1.37 bits per heavy atom. The van der Waals surface area contributed by atoms with Crippen LogP contribution in [0.1, 0.15) is 5.56 Å². The molecule has 0 saturated heterocycles. The van der Waals surface area contributed by atoms with E-state index in [9.17, 15) is 18.5 Å². The molecule has 0 unspecified atom stereocenters. The van der Waals surface area contributed by atoms with Crippen LogP contribution in [0, 0.1) is 17.0 Å². The standard InChI is InChI=1S/C7H7NO2.C2H2N4O2S/c1-6-4-2-3-5-7(6)8(9)10;7-9(8)5-6-2-1-3-4-6/h2-5H,1H3;1-2H. The lowest BCUT2D eigenvalue weighted by molar-refractivity contribution is -0.385. The van der Waals surface area contributed by atoms with Crippen LogP contribution in [0.4, 0.5) is 5.69 Å². The van der Waals surface area contributed by atoms with Crippen molar-refractivity contribution in [2.75, 3.05) is 0 Å². The van der Waals surface area contributed by atoms with E-state index in [1.807, 2.05) is 0 Å². The number of rotatable bonds is 2. The predicted molar refractivity (Wildman–Crippen MR) is 64.6 cm³/mol. The molecule has 2 aromatic rings. The highest BCUT2D eigenvalue weighted by molar-refractivity contribution is 7.61. The van der Waals surface area contributed by atoms with Crippen LogP contribution in [0.25, 0.3) is 0 Å². The summed E-state index contributed by atoms with van der Waals surface area (Å²) in [5.41, 5.74) is 0.884. The maximum absolute atomic E-state index is 10.2. The molecule has 10 heteroatoms. The Labute approximate surface area is 109 Å². The molecular formula is C9H9N5O4S. The third-order valence-electron chi connectivity index (χ3n) is 1.87. The first kappa shape index (κ1) is 14.4. The van der Waals surface area contributed by atoms with Crippen LogP contribution in [0.3, 0.4) is 0 Å². The minimum atomic E-state index is -2.46. The van der Waals surface area contributed by atoms with Gasteiger partial charge in [-0.05, 0) is 16.6 Å². The smallest absolute Gasteiger partial charge is 0.258 e. The molecule has 0 amide bonds. The van der Waals surface area contributed by atoms with Crippen LogP contribution in [0.15, 0.2) is 41.1 Å². The van der Waals surface area contributed by atoms with Gasteiger partial charge in [-0.15, -0.1) is 9.89 Å². The summed E-state index contributed by atoms with van der Waals surface area (Å²) < 4.78 is 22.6. The number of hydrogen-bond donors (Lipinski definition) is 0. The Hall–Kier alpha value is -2.62. The highest BCUT2D eigenvalue weighted by atomic mass is 32.2. The quantitative estimate of drug-likeness (QED) is 0.599. The average molecular weight is 283 g/mol. The van der Waals surface area contributed by atoms with E-state index in [1.54, 1.807) is 25.1 Å². The number of hydrogen-bond acceptors (Lipinski definition) is 7. The Balaban J connectivity index is 0.000000191. The zero-order valence-corrected chi connectivity index (χ0v) is 10.6. The summed E-state index contributed by atoms with van der Waals surface area (Å²) in [4.78, 5) is 10.7. The molecule has 0 bridgehead atoms. The van der Waals surface area contributed by atoms with Crippen molar-refractivity contribution in [2.24, 2.45) is 4.47 Å². The first-order valence-electron chi connectivity index (χ1n) is 4.88. The van der Waals surface area contributed by atoms with Gasteiger partial charge in [-0.1, -0.05) is 18.2 Å². The summed E-state index contributed by atoms with van der Waals surface area (Å²) in [7, 11) is -2.46. The fourth-order valence-electron chi connectivity index (χ4n) is 1.08. The minimum Gasteiger partial charge on any atom is -0.258 e. The van der Waals surface area contributed by atoms with Gasteiger partial charge in [0.15, 0.2) is 0 Å². The van der Waals surface area contributed by atoms with E-state index in [4.69, 9.17) is 0 Å². The number of aromatic nitrogens is 3. The molecule has 19 heavy (non-hydrogen) atoms. The van der Waals surface area contributed by atoms with Crippen molar-refractivity contribution in [1.29, 1.82) is 0 Å². The van der Waals surface area contributed by atoms with Crippen molar-refractivity contribution in [3.05, 3.63) is 52.3 Å². The molecule has 1 heterocycles. The highest BCUT2D eigenvalue weighted by Crippen LogP contribution is 2.14. The normalized spacial score (nSPS) is 9.11. The van der Waals surface area contributed by atoms with Gasteiger partial charge < -0.3 is 0 Å². The van der Waals surface area contributed by atoms with Crippen molar-refractivity contribution >= 4 is 16.2 Å². The van der Waals surface area contributed by atoms with Gasteiger partial charge in [0, 0.05) is 11.6 Å². The molecule has 0 spiro atoms. The monoisotopic (exact) mass is 283 g/mol. The SMILES string of the molecule is Cc1ccccc1[N+](=O)[O-].O=S(=O)=Nn1ccnn1. The summed E-state index contributed by atoms with van der Waals surface area (Å²) in [5, 5.41) is 16.8. The van der Waals surface area contributed by atoms with E-state index in [2.05, 4.69) is 14.8 Å². The lowest BCUT2D eigenvalue weighted by Gasteiger charge is -1.92. The van der Waals surface area contributed by atoms with Gasteiger partial charge in [-0.25, -0.2) is 0 Å². The van der Waals surface area contributed by atoms with Crippen LogP contribution < -0.4 is 0 Å². The van der Waals surface area contributed by atoms with Crippen molar-refractivity contribution < 1.29 is 13.3 Å². The van der Waals surface area contributed by atoms with Crippen LogP contribution in [0.2, 0.25) is 0 Å². The number of benzene rings is 1. The van der Waals surface area contributed by atoms with E-state index in [0.29, 0.717) is 5.56 Å². The number of aryl methyl sites for hydroxylation is 1. The summed E-state index contributed by atoms with van der Waals surface area (Å²) in [6, 6.07) is 6.65. The molecule has 0 saturated carbocycles. The van der Waals surface area contributed by atoms with Crippen LogP contribution >= 0.6 is 0 Å². The van der Waals surface area contributed by atoms with Gasteiger partial charge in [0.1, 0.15) is 0 Å². The number of nitro groups is 1. The molecule has 9 nitrogen and oxygen atoms in total. The molecule has 0 radical (unpaired) electrons. The molecule has 0 aliphatic carbocycles. The number of nitro benzene ring substituents is 1. The third-order valence-corrected chi connectivity index (χ3v) is 2.17. The van der Waals surface area contributed by atoms with Crippen LogP contribution in [-0.4, -0.2) is 28.4 Å². The Kier molecular flexibility index (Phi) is 5.29.